The molecule has 0 bridgehead atoms. The van der Waals surface area contributed by atoms with Crippen molar-refractivity contribution in [3.05, 3.63) is 60.9 Å². The van der Waals surface area contributed by atoms with Gasteiger partial charge in [0.25, 0.3) is 0 Å². The Labute approximate surface area is 200 Å². The quantitative estimate of drug-likeness (QED) is 0.225. The molecule has 24 heavy (non-hydrogen) atoms. The van der Waals surface area contributed by atoms with E-state index in [2.05, 4.69) is 20.4 Å². The van der Waals surface area contributed by atoms with E-state index in [1.165, 1.54) is 0 Å². The molecule has 1 radical (unpaired) electrons. The molecule has 0 fully saturated rings. The van der Waals surface area contributed by atoms with Gasteiger partial charge in [0.15, 0.2) is 0 Å². The van der Waals surface area contributed by atoms with Crippen LogP contribution < -0.4 is 89.4 Å². The first-order valence-electron chi connectivity index (χ1n) is 5.60. The normalized spacial score (nSPS) is 7.67. The summed E-state index contributed by atoms with van der Waals surface area (Å²) in [5.74, 6) is 0. The fraction of sp³-hybridized carbons (Fsp3) is 0. The molecule has 0 N–H and O–H groups in total. The van der Waals surface area contributed by atoms with E-state index in [1.54, 1.807) is 12.4 Å². The average Bonchev–Trinajstić information content (AvgIpc) is 3.08. The zero-order valence-electron chi connectivity index (χ0n) is 12.4. The molecular formula is C14H10Cl4N4NaRu. The van der Waals surface area contributed by atoms with Gasteiger partial charge in [0.1, 0.15) is 0 Å². The van der Waals surface area contributed by atoms with E-state index >= 15 is 0 Å². The van der Waals surface area contributed by atoms with Gasteiger partial charge in [-0.25, -0.2) is 0 Å². The van der Waals surface area contributed by atoms with Crippen LogP contribution in [0.25, 0.3) is 21.8 Å². The smallest absolute Gasteiger partial charge is 1.00 e. The largest absolute Gasteiger partial charge is 5.00 e. The molecule has 4 nitrogen and oxygen atoms in total. The van der Waals surface area contributed by atoms with E-state index in [1.807, 2.05) is 48.5 Å². The molecule has 0 saturated carbocycles. The van der Waals surface area contributed by atoms with Crippen molar-refractivity contribution in [1.29, 1.82) is 0 Å². The number of halogens is 4. The third-order valence-electron chi connectivity index (χ3n) is 2.60. The fourth-order valence-electron chi connectivity index (χ4n) is 1.68. The summed E-state index contributed by atoms with van der Waals surface area (Å²) in [6, 6.07) is 15.8. The third-order valence-corrected chi connectivity index (χ3v) is 2.60. The Morgan fingerprint density at radius 1 is 0.583 bits per heavy atom. The van der Waals surface area contributed by atoms with E-state index in [9.17, 15) is 0 Å². The van der Waals surface area contributed by atoms with Gasteiger partial charge < -0.3 is 70.0 Å². The van der Waals surface area contributed by atoms with Gasteiger partial charge in [-0.1, -0.05) is 36.4 Å². The van der Waals surface area contributed by atoms with Crippen LogP contribution in [0.5, 0.6) is 0 Å². The van der Waals surface area contributed by atoms with Gasteiger partial charge in [0.2, 0.25) is 0 Å². The Morgan fingerprint density at radius 2 is 0.917 bits per heavy atom. The summed E-state index contributed by atoms with van der Waals surface area (Å²) >= 11 is 0. The van der Waals surface area contributed by atoms with Gasteiger partial charge in [0.05, 0.1) is 0 Å². The summed E-state index contributed by atoms with van der Waals surface area (Å²) in [7, 11) is 0. The average molecular weight is 500 g/mol. The topological polar surface area (TPSA) is 54.0 Å². The summed E-state index contributed by atoms with van der Waals surface area (Å²) in [6.45, 7) is 0. The van der Waals surface area contributed by atoms with E-state index in [0.29, 0.717) is 0 Å². The standard InChI is InChI=1S/2C7H5N2.4ClH.Na.Ru/c2*1-2-4-7-6(3-1)5-8-9-7;;;;;;/h2*1-5H;4*1H;;/q2*-1;;;;;+1;+5/p-4. The van der Waals surface area contributed by atoms with Crippen molar-refractivity contribution in [2.45, 2.75) is 0 Å². The van der Waals surface area contributed by atoms with E-state index in [-0.39, 0.29) is 98.7 Å². The second-order valence-electron chi connectivity index (χ2n) is 3.81. The Balaban J connectivity index is -0.000000133. The Kier molecular flexibility index (Phi) is 22.1. The zero-order valence-corrected chi connectivity index (χ0v) is 19.2. The van der Waals surface area contributed by atoms with Crippen LogP contribution in [0.1, 0.15) is 0 Å². The SMILES string of the molecule is [Cl-].[Cl-].[Cl-].[Cl-].[Na+].[Ru+5].c1ccc2n[n-]cc2c1.c1ccc2n[n-]cc2c1. The van der Waals surface area contributed by atoms with Crippen molar-refractivity contribution in [2.24, 2.45) is 0 Å². The molecule has 0 unspecified atom stereocenters. The van der Waals surface area contributed by atoms with E-state index in [4.69, 9.17) is 0 Å². The van der Waals surface area contributed by atoms with Crippen molar-refractivity contribution in [1.82, 2.24) is 20.4 Å². The minimum atomic E-state index is 0. The monoisotopic (exact) mass is 499 g/mol. The molecule has 0 spiro atoms. The zero-order chi connectivity index (χ0) is 12.2. The molecule has 123 valence electrons. The van der Waals surface area contributed by atoms with Gasteiger partial charge >= 0.3 is 49.0 Å². The predicted octanol–water partition coefficient (Wildman–Crippen LogP) is -12.6. The minimum absolute atomic E-state index is 0. The van der Waals surface area contributed by atoms with E-state index in [0.717, 1.165) is 21.8 Å². The summed E-state index contributed by atoms with van der Waals surface area (Å²) in [5, 5.41) is 17.5. The van der Waals surface area contributed by atoms with Crippen LogP contribution in [0.2, 0.25) is 0 Å². The molecule has 0 aliphatic carbocycles. The second-order valence-corrected chi connectivity index (χ2v) is 3.81. The van der Waals surface area contributed by atoms with Crippen molar-refractivity contribution in [2.75, 3.05) is 0 Å². The van der Waals surface area contributed by atoms with Crippen LogP contribution in [0, 0.1) is 0 Å². The molecule has 0 saturated heterocycles. The predicted molar refractivity (Wildman–Crippen MR) is 70.1 cm³/mol. The van der Waals surface area contributed by atoms with Crippen LogP contribution in [-0.4, -0.2) is 10.2 Å². The maximum Gasteiger partial charge on any atom is 5.00 e. The molecule has 2 aromatic carbocycles. The number of nitrogens with zero attached hydrogens (tertiary/aromatic N) is 4. The first kappa shape index (κ1) is 31.9. The van der Waals surface area contributed by atoms with Gasteiger partial charge in [-0.2, -0.15) is 12.4 Å². The third kappa shape index (κ3) is 8.51. The number of hydrogen-bond acceptors (Lipinski definition) is 2. The molecule has 0 amide bonds. The molecule has 2 heterocycles. The minimum Gasteiger partial charge on any atom is -1.00 e. The van der Waals surface area contributed by atoms with Crippen LogP contribution in [-0.2, 0) is 19.5 Å². The van der Waals surface area contributed by atoms with E-state index < -0.39 is 0 Å². The van der Waals surface area contributed by atoms with Crippen molar-refractivity contribution in [3.63, 3.8) is 0 Å². The number of rotatable bonds is 0. The maximum atomic E-state index is 3.87. The first-order chi connectivity index (χ1) is 8.93. The Morgan fingerprint density at radius 3 is 1.25 bits per heavy atom. The van der Waals surface area contributed by atoms with Gasteiger partial charge in [0, 0.05) is 11.0 Å². The number of hydrogen-bond donors (Lipinski definition) is 0. The molecule has 2 aromatic heterocycles. The summed E-state index contributed by atoms with van der Waals surface area (Å²) in [4.78, 5) is 0. The molecule has 0 aliphatic rings. The molecule has 4 aromatic rings. The van der Waals surface area contributed by atoms with Gasteiger partial charge in [-0.3, -0.25) is 0 Å². The van der Waals surface area contributed by atoms with Crippen LogP contribution in [0.3, 0.4) is 0 Å². The number of benzene rings is 2. The molecule has 0 atom stereocenters. The number of aromatic nitrogens is 4. The van der Waals surface area contributed by atoms with Gasteiger partial charge in [-0.05, 0) is 22.9 Å². The Hall–Kier alpha value is 0.163. The van der Waals surface area contributed by atoms with Crippen LogP contribution in [0.4, 0.5) is 0 Å². The fourth-order valence-corrected chi connectivity index (χ4v) is 1.68. The molecular weight excluding hydrogens is 490 g/mol. The van der Waals surface area contributed by atoms with Crippen molar-refractivity contribution >= 4 is 21.8 Å². The van der Waals surface area contributed by atoms with Gasteiger partial charge in [-0.15, -0.1) is 0 Å². The molecule has 0 aliphatic heterocycles. The van der Waals surface area contributed by atoms with Crippen LogP contribution >= 0.6 is 0 Å². The Bertz CT molecular complexity index is 655. The summed E-state index contributed by atoms with van der Waals surface area (Å²) in [6.07, 6.45) is 3.52. The molecule has 4 rings (SSSR count). The second kappa shape index (κ2) is 16.6. The van der Waals surface area contributed by atoms with Crippen LogP contribution in [0.15, 0.2) is 60.9 Å². The first-order valence-corrected chi connectivity index (χ1v) is 5.60. The summed E-state index contributed by atoms with van der Waals surface area (Å²) < 4.78 is 0. The maximum absolute atomic E-state index is 3.87. The summed E-state index contributed by atoms with van der Waals surface area (Å²) in [5.41, 5.74) is 1.94. The molecule has 10 heteroatoms. The van der Waals surface area contributed by atoms with Crippen molar-refractivity contribution < 1.29 is 98.7 Å². The number of fused-ring (bicyclic) bond motifs is 2. The van der Waals surface area contributed by atoms with Crippen molar-refractivity contribution in [3.8, 4) is 0 Å².